The Kier molecular flexibility index (Phi) is 75.0. The second-order valence-corrected chi connectivity index (χ2v) is 29.5. The maximum atomic E-state index is 13.1. The maximum absolute atomic E-state index is 13.1. The highest BCUT2D eigenvalue weighted by Gasteiger charge is 2.30. The van der Waals surface area contributed by atoms with Crippen LogP contribution in [0.25, 0.3) is 0 Å². The third-order valence-corrected chi connectivity index (χ3v) is 18.3. The van der Waals surface area contributed by atoms with Crippen LogP contribution in [0.2, 0.25) is 0 Å². The first kappa shape index (κ1) is 102. The number of phosphoric ester groups is 2. The zero-order chi connectivity index (χ0) is 78.9. The Hall–Kier alpha value is -5.84. The Labute approximate surface area is 654 Å². The number of allylic oxidation sites excluding steroid dienone is 30. The molecule has 2 unspecified atom stereocenters. The molecule has 0 spiro atoms. The van der Waals surface area contributed by atoms with Gasteiger partial charge in [-0.15, -0.1) is 0 Å². The molecule has 0 aliphatic carbocycles. The summed E-state index contributed by atoms with van der Waals surface area (Å²) >= 11 is 0. The predicted octanol–water partition coefficient (Wildman–Crippen LogP) is 24.3. The Bertz CT molecular complexity index is 2760. The molecule has 19 heteroatoms. The number of aliphatic hydroxyl groups is 1. The highest BCUT2D eigenvalue weighted by atomic mass is 31.2. The van der Waals surface area contributed by atoms with E-state index in [2.05, 4.69) is 174 Å². The molecule has 0 radical (unpaired) electrons. The fourth-order valence-electron chi connectivity index (χ4n) is 10.1. The van der Waals surface area contributed by atoms with Gasteiger partial charge in [-0.2, -0.15) is 0 Å². The smallest absolute Gasteiger partial charge is 0.462 e. The van der Waals surface area contributed by atoms with Gasteiger partial charge in [0.25, 0.3) is 0 Å². The van der Waals surface area contributed by atoms with E-state index in [-0.39, 0.29) is 25.7 Å². The molecule has 0 amide bonds. The van der Waals surface area contributed by atoms with Crippen molar-refractivity contribution in [3.63, 3.8) is 0 Å². The van der Waals surface area contributed by atoms with Crippen LogP contribution in [0.5, 0.6) is 0 Å². The summed E-state index contributed by atoms with van der Waals surface area (Å²) in [6.45, 7) is 4.46. The maximum Gasteiger partial charge on any atom is 0.472 e. The summed E-state index contributed by atoms with van der Waals surface area (Å²) in [7, 11) is -10.0. The fraction of sp³-hybridized carbons (Fsp3) is 0.618. The topological polar surface area (TPSA) is 237 Å². The Morgan fingerprint density at radius 3 is 0.815 bits per heavy atom. The number of hydrogen-bond acceptors (Lipinski definition) is 15. The van der Waals surface area contributed by atoms with Gasteiger partial charge in [-0.1, -0.05) is 287 Å². The van der Waals surface area contributed by atoms with Gasteiger partial charge in [-0.25, -0.2) is 9.13 Å². The minimum atomic E-state index is -5.03. The average molecular weight is 1550 g/mol. The van der Waals surface area contributed by atoms with Crippen molar-refractivity contribution < 1.29 is 80.2 Å². The summed E-state index contributed by atoms with van der Waals surface area (Å²) in [5.41, 5.74) is 0. The van der Waals surface area contributed by atoms with Crippen LogP contribution in [0.15, 0.2) is 182 Å². The van der Waals surface area contributed by atoms with Crippen LogP contribution < -0.4 is 0 Å². The van der Waals surface area contributed by atoms with Gasteiger partial charge in [0.1, 0.15) is 19.3 Å². The third kappa shape index (κ3) is 78.3. The largest absolute Gasteiger partial charge is 0.472 e. The molecule has 0 fully saturated rings. The Morgan fingerprint density at radius 1 is 0.269 bits per heavy atom. The van der Waals surface area contributed by atoms with E-state index in [1.807, 2.05) is 36.5 Å². The van der Waals surface area contributed by atoms with Crippen molar-refractivity contribution in [1.82, 2.24) is 0 Å². The van der Waals surface area contributed by atoms with E-state index in [0.717, 1.165) is 148 Å². The molecule has 0 heterocycles. The SMILES string of the molecule is CC/C=C\C/C=C\C/C=C\C/C=C\C/C=C\C/C=C\CCC(=O)OC[C@H](COP(=O)(O)OC[C@@H](O)COP(=O)(O)OC[C@@H](COC(=O)CCCCCCC/C=C\C/C=C\CCCCC)OC(=O)CCCCCCC/C=C\C/C=C\CCCCC)OC(=O)CC/C=C\C/C=C\C/C=C\C/C=C\C/C=C\CCCCC. The molecular formula is C89H144O17P2. The minimum Gasteiger partial charge on any atom is -0.462 e. The minimum absolute atomic E-state index is 0.0132. The molecule has 0 rings (SSSR count). The first-order chi connectivity index (χ1) is 52.7. The number of rotatable bonds is 75. The van der Waals surface area contributed by atoms with E-state index in [9.17, 15) is 43.2 Å². The molecule has 0 aromatic heterocycles. The van der Waals surface area contributed by atoms with Gasteiger partial charge in [-0.05, 0) is 167 Å². The normalized spacial score (nSPS) is 14.8. The van der Waals surface area contributed by atoms with Crippen LogP contribution in [0.1, 0.15) is 297 Å². The molecule has 3 N–H and O–H groups in total. The van der Waals surface area contributed by atoms with Crippen molar-refractivity contribution in [3.05, 3.63) is 182 Å². The molecule has 17 nitrogen and oxygen atoms in total. The van der Waals surface area contributed by atoms with Crippen LogP contribution in [0.3, 0.4) is 0 Å². The summed E-state index contributed by atoms with van der Waals surface area (Å²) in [5, 5.41) is 10.7. The summed E-state index contributed by atoms with van der Waals surface area (Å²) in [5.74, 6) is -2.42. The van der Waals surface area contributed by atoms with Gasteiger partial charge < -0.3 is 33.8 Å². The lowest BCUT2D eigenvalue weighted by molar-refractivity contribution is -0.161. The van der Waals surface area contributed by atoms with E-state index < -0.39 is 97.5 Å². The number of aliphatic hydroxyl groups excluding tert-OH is 1. The number of carbonyl (C=O) groups is 4. The molecule has 0 saturated carbocycles. The molecule has 0 aliphatic heterocycles. The molecule has 0 aromatic carbocycles. The molecule has 0 aromatic rings. The first-order valence-electron chi connectivity index (χ1n) is 41.0. The quantitative estimate of drug-likeness (QED) is 0.0169. The van der Waals surface area contributed by atoms with Gasteiger partial charge in [0, 0.05) is 25.7 Å². The third-order valence-electron chi connectivity index (χ3n) is 16.4. The lowest BCUT2D eigenvalue weighted by Crippen LogP contribution is -2.30. The van der Waals surface area contributed by atoms with Crippen molar-refractivity contribution in [2.45, 2.75) is 316 Å². The summed E-state index contributed by atoms with van der Waals surface area (Å²) in [6, 6.07) is 0. The van der Waals surface area contributed by atoms with Gasteiger partial charge in [-0.3, -0.25) is 37.3 Å². The van der Waals surface area contributed by atoms with E-state index >= 15 is 0 Å². The van der Waals surface area contributed by atoms with Crippen molar-refractivity contribution >= 4 is 39.5 Å². The van der Waals surface area contributed by atoms with Gasteiger partial charge >= 0.3 is 39.5 Å². The van der Waals surface area contributed by atoms with Crippen LogP contribution in [0.4, 0.5) is 0 Å². The lowest BCUT2D eigenvalue weighted by atomic mass is 10.1. The molecule has 612 valence electrons. The monoisotopic (exact) mass is 1550 g/mol. The van der Waals surface area contributed by atoms with Gasteiger partial charge in [0.2, 0.25) is 0 Å². The van der Waals surface area contributed by atoms with E-state index in [1.54, 1.807) is 0 Å². The fourth-order valence-corrected chi connectivity index (χ4v) is 11.7. The average Bonchev–Trinajstić information content (AvgIpc) is 0.896. The first-order valence-corrected chi connectivity index (χ1v) is 44.0. The number of hydrogen-bond donors (Lipinski definition) is 3. The van der Waals surface area contributed by atoms with E-state index in [1.165, 1.54) is 57.8 Å². The lowest BCUT2D eigenvalue weighted by Gasteiger charge is -2.21. The molecule has 0 saturated heterocycles. The highest BCUT2D eigenvalue weighted by Crippen LogP contribution is 2.45. The Balaban J connectivity index is 5.55. The zero-order valence-electron chi connectivity index (χ0n) is 66.9. The van der Waals surface area contributed by atoms with E-state index in [0.29, 0.717) is 38.5 Å². The second-order valence-electron chi connectivity index (χ2n) is 26.6. The van der Waals surface area contributed by atoms with Crippen molar-refractivity contribution in [1.29, 1.82) is 0 Å². The van der Waals surface area contributed by atoms with Crippen LogP contribution in [-0.4, -0.2) is 96.7 Å². The van der Waals surface area contributed by atoms with Crippen LogP contribution in [-0.2, 0) is 65.4 Å². The van der Waals surface area contributed by atoms with E-state index in [4.69, 9.17) is 37.0 Å². The van der Waals surface area contributed by atoms with Gasteiger partial charge in [0.05, 0.1) is 26.4 Å². The number of unbranched alkanes of at least 4 members (excludes halogenated alkanes) is 19. The molecule has 5 atom stereocenters. The Morgan fingerprint density at radius 2 is 0.500 bits per heavy atom. The molecule has 108 heavy (non-hydrogen) atoms. The predicted molar refractivity (Wildman–Crippen MR) is 445 cm³/mol. The summed E-state index contributed by atoms with van der Waals surface area (Å²) in [4.78, 5) is 73.1. The molecule has 0 aliphatic rings. The zero-order valence-corrected chi connectivity index (χ0v) is 68.7. The summed E-state index contributed by atoms with van der Waals surface area (Å²) in [6.07, 6.45) is 96.1. The van der Waals surface area contributed by atoms with Crippen LogP contribution >= 0.6 is 15.6 Å². The molecule has 0 bridgehead atoms. The van der Waals surface area contributed by atoms with Gasteiger partial charge in [0.15, 0.2) is 12.2 Å². The van der Waals surface area contributed by atoms with Crippen LogP contribution in [0, 0.1) is 0 Å². The standard InChI is InChI=1S/C89H144O17P2/c1-5-9-13-17-21-25-29-33-37-39-41-43-47-50-54-58-62-66-70-74-87(92)100-80-85(106-89(94)76-72-68-64-60-56-52-48-44-42-40-38-34-30-26-22-18-14-10-6-2)82-104-108(97,98)102-78-83(90)77-101-107(95,96)103-81-84(105-88(93)75-71-67-63-59-55-51-46-36-32-28-24-20-16-12-8-4)79-99-86(91)73-69-65-61-57-53-49-45-35-31-27-23-19-15-11-7-3/h9,13,21-28,33-38,41-46,50,52,54,56,62,64,66,68,83-85,90H,5-8,10-12,14-20,29-32,39-40,47-49,51,53,55,57-61,63,65,67,69-82H2,1-4H3,(H,95,96)(H,97,98)/b13-9-,25-21-,26-22-,27-23-,28-24-,37-33-,38-34-,43-41-,44-42-,45-35-,46-36-,54-50-,56-52-,66-62-,68-64-/t83-,84+,85+/m0/s1. The highest BCUT2D eigenvalue weighted by molar-refractivity contribution is 7.47. The van der Waals surface area contributed by atoms with Crippen molar-refractivity contribution in [3.8, 4) is 0 Å². The number of phosphoric acid groups is 2. The molecular weight excluding hydrogens is 1400 g/mol. The van der Waals surface area contributed by atoms with Crippen molar-refractivity contribution in [2.24, 2.45) is 0 Å². The number of esters is 4. The van der Waals surface area contributed by atoms with Crippen molar-refractivity contribution in [2.75, 3.05) is 39.6 Å². The number of carbonyl (C=O) groups excluding carboxylic acids is 4. The second kappa shape index (κ2) is 79.3. The summed E-state index contributed by atoms with van der Waals surface area (Å²) < 4.78 is 68.5. The number of ether oxygens (including phenoxy) is 4.